The maximum Gasteiger partial charge on any atom is 0.251 e. The Balaban J connectivity index is 1.78. The fourth-order valence-corrected chi connectivity index (χ4v) is 2.20. The van der Waals surface area contributed by atoms with Crippen LogP contribution >= 0.6 is 0 Å². The van der Waals surface area contributed by atoms with Crippen LogP contribution in [0.3, 0.4) is 0 Å². The van der Waals surface area contributed by atoms with Crippen molar-refractivity contribution < 1.29 is 13.6 Å². The van der Waals surface area contributed by atoms with E-state index < -0.39 is 17.5 Å². The zero-order valence-corrected chi connectivity index (χ0v) is 12.3. The van der Waals surface area contributed by atoms with Gasteiger partial charge in [0.2, 0.25) is 0 Å². The molecule has 0 atom stereocenters. The summed E-state index contributed by atoms with van der Waals surface area (Å²) in [4.78, 5) is 20.9. The predicted molar refractivity (Wildman–Crippen MR) is 81.8 cm³/mol. The molecule has 3 rings (SSSR count). The van der Waals surface area contributed by atoms with E-state index in [9.17, 15) is 13.6 Å². The average molecular weight is 313 g/mol. The lowest BCUT2D eigenvalue weighted by Gasteiger charge is -2.08. The van der Waals surface area contributed by atoms with Gasteiger partial charge in [0, 0.05) is 5.56 Å². The van der Waals surface area contributed by atoms with Gasteiger partial charge in [-0.15, -0.1) is 0 Å². The topological polar surface area (TPSA) is 54.9 Å². The van der Waals surface area contributed by atoms with E-state index in [1.54, 1.807) is 6.92 Å². The minimum atomic E-state index is -1.06. The summed E-state index contributed by atoms with van der Waals surface area (Å²) in [6, 6.07) is 10.4. The highest BCUT2D eigenvalue weighted by molar-refractivity contribution is 5.94. The van der Waals surface area contributed by atoms with Crippen molar-refractivity contribution in [1.29, 1.82) is 0 Å². The summed E-state index contributed by atoms with van der Waals surface area (Å²) >= 11 is 0. The van der Waals surface area contributed by atoms with Gasteiger partial charge in [-0.05, 0) is 37.3 Å². The number of amides is 1. The zero-order chi connectivity index (χ0) is 16.4. The van der Waals surface area contributed by atoms with Crippen molar-refractivity contribution in [2.75, 3.05) is 0 Å². The lowest BCUT2D eigenvalue weighted by atomic mass is 10.2. The first-order chi connectivity index (χ1) is 11.0. The third kappa shape index (κ3) is 3.15. The van der Waals surface area contributed by atoms with E-state index in [0.29, 0.717) is 11.4 Å². The van der Waals surface area contributed by atoms with Gasteiger partial charge in [-0.25, -0.2) is 18.7 Å². The second-order valence-corrected chi connectivity index (χ2v) is 5.06. The number of carbonyl (C=O) groups is 1. The number of nitrogens with zero attached hydrogens (tertiary/aromatic N) is 2. The SMILES string of the molecule is Cc1nc2ccccc2nc1CNC(=O)c1ccc(F)c(F)c1. The second-order valence-electron chi connectivity index (χ2n) is 5.06. The molecule has 0 saturated carbocycles. The Labute approximate surface area is 131 Å². The van der Waals surface area contributed by atoms with Gasteiger partial charge in [-0.3, -0.25) is 4.79 Å². The van der Waals surface area contributed by atoms with E-state index in [1.807, 2.05) is 24.3 Å². The molecule has 1 aromatic heterocycles. The minimum Gasteiger partial charge on any atom is -0.346 e. The van der Waals surface area contributed by atoms with Gasteiger partial charge in [0.05, 0.1) is 29.0 Å². The fourth-order valence-electron chi connectivity index (χ4n) is 2.20. The first-order valence-corrected chi connectivity index (χ1v) is 7.00. The van der Waals surface area contributed by atoms with E-state index in [2.05, 4.69) is 15.3 Å². The summed E-state index contributed by atoms with van der Waals surface area (Å²) in [6.07, 6.45) is 0. The van der Waals surface area contributed by atoms with Gasteiger partial charge in [-0.2, -0.15) is 0 Å². The van der Waals surface area contributed by atoms with Crippen LogP contribution in [-0.4, -0.2) is 15.9 Å². The van der Waals surface area contributed by atoms with E-state index in [1.165, 1.54) is 6.07 Å². The molecule has 0 fully saturated rings. The minimum absolute atomic E-state index is 0.0512. The molecule has 6 heteroatoms. The largest absolute Gasteiger partial charge is 0.346 e. The first-order valence-electron chi connectivity index (χ1n) is 7.00. The van der Waals surface area contributed by atoms with Crippen LogP contribution in [0.15, 0.2) is 42.5 Å². The van der Waals surface area contributed by atoms with Crippen molar-refractivity contribution in [2.24, 2.45) is 0 Å². The predicted octanol–water partition coefficient (Wildman–Crippen LogP) is 3.15. The molecule has 1 amide bonds. The molecule has 4 nitrogen and oxygen atoms in total. The molecule has 0 spiro atoms. The third-order valence-corrected chi connectivity index (χ3v) is 3.44. The molecule has 0 aliphatic rings. The Morgan fingerprint density at radius 3 is 2.43 bits per heavy atom. The van der Waals surface area contributed by atoms with Crippen LogP contribution in [0.2, 0.25) is 0 Å². The monoisotopic (exact) mass is 313 g/mol. The average Bonchev–Trinajstić information content (AvgIpc) is 2.55. The molecule has 0 radical (unpaired) electrons. The summed E-state index contributed by atoms with van der Waals surface area (Å²) in [7, 11) is 0. The molecule has 116 valence electrons. The summed E-state index contributed by atoms with van der Waals surface area (Å²) in [6.45, 7) is 1.96. The molecule has 1 N–H and O–H groups in total. The molecule has 0 saturated heterocycles. The zero-order valence-electron chi connectivity index (χ0n) is 12.3. The Morgan fingerprint density at radius 1 is 1.04 bits per heavy atom. The number of hydrogen-bond donors (Lipinski definition) is 1. The quantitative estimate of drug-likeness (QED) is 0.808. The number of para-hydroxylation sites is 2. The Kier molecular flexibility index (Phi) is 3.97. The number of aromatic nitrogens is 2. The van der Waals surface area contributed by atoms with Crippen molar-refractivity contribution in [3.8, 4) is 0 Å². The third-order valence-electron chi connectivity index (χ3n) is 3.44. The van der Waals surface area contributed by atoms with E-state index in [0.717, 1.165) is 23.2 Å². The number of nitrogens with one attached hydrogen (secondary N) is 1. The molecule has 0 aliphatic carbocycles. The molecule has 0 aliphatic heterocycles. The van der Waals surface area contributed by atoms with E-state index >= 15 is 0 Å². The second kappa shape index (κ2) is 6.08. The molecule has 1 heterocycles. The standard InChI is InChI=1S/C17H13F2N3O/c1-10-16(22-15-5-3-2-4-14(15)21-10)9-20-17(23)11-6-7-12(18)13(19)8-11/h2-8H,9H2,1H3,(H,20,23). The number of benzene rings is 2. The van der Waals surface area contributed by atoms with Crippen LogP contribution in [0.4, 0.5) is 8.78 Å². The van der Waals surface area contributed by atoms with Crippen molar-refractivity contribution in [3.63, 3.8) is 0 Å². The maximum atomic E-state index is 13.2. The van der Waals surface area contributed by atoms with Gasteiger partial charge in [-0.1, -0.05) is 12.1 Å². The summed E-state index contributed by atoms with van der Waals surface area (Å²) in [5, 5.41) is 2.64. The van der Waals surface area contributed by atoms with Crippen LogP contribution in [0, 0.1) is 18.6 Å². The number of rotatable bonds is 3. The van der Waals surface area contributed by atoms with E-state index in [4.69, 9.17) is 0 Å². The van der Waals surface area contributed by atoms with Gasteiger partial charge in [0.1, 0.15) is 0 Å². The highest BCUT2D eigenvalue weighted by Gasteiger charge is 2.11. The van der Waals surface area contributed by atoms with Gasteiger partial charge in [0.15, 0.2) is 11.6 Å². The number of fused-ring (bicyclic) bond motifs is 1. The Morgan fingerprint density at radius 2 is 1.74 bits per heavy atom. The van der Waals surface area contributed by atoms with Gasteiger partial charge in [0.25, 0.3) is 5.91 Å². The number of carbonyl (C=O) groups excluding carboxylic acids is 1. The molecule has 3 aromatic rings. The van der Waals surface area contributed by atoms with Crippen molar-refractivity contribution in [3.05, 3.63) is 71.1 Å². The molecule has 0 unspecified atom stereocenters. The van der Waals surface area contributed by atoms with Gasteiger partial charge < -0.3 is 5.32 Å². The van der Waals surface area contributed by atoms with Crippen LogP contribution in [-0.2, 0) is 6.54 Å². The smallest absolute Gasteiger partial charge is 0.251 e. The molecular weight excluding hydrogens is 300 g/mol. The molecule has 0 bridgehead atoms. The number of halogens is 2. The van der Waals surface area contributed by atoms with Crippen LogP contribution < -0.4 is 5.32 Å². The van der Waals surface area contributed by atoms with Crippen molar-refractivity contribution in [2.45, 2.75) is 13.5 Å². The van der Waals surface area contributed by atoms with Crippen molar-refractivity contribution >= 4 is 16.9 Å². The number of hydrogen-bond acceptors (Lipinski definition) is 3. The van der Waals surface area contributed by atoms with Crippen LogP contribution in [0.1, 0.15) is 21.7 Å². The van der Waals surface area contributed by atoms with Crippen LogP contribution in [0.5, 0.6) is 0 Å². The lowest BCUT2D eigenvalue weighted by Crippen LogP contribution is -2.24. The van der Waals surface area contributed by atoms with Crippen molar-refractivity contribution in [1.82, 2.24) is 15.3 Å². The molecule has 23 heavy (non-hydrogen) atoms. The summed E-state index contributed by atoms with van der Waals surface area (Å²) < 4.78 is 26.1. The highest BCUT2D eigenvalue weighted by atomic mass is 19.2. The lowest BCUT2D eigenvalue weighted by molar-refractivity contribution is 0.0950. The first kappa shape index (κ1) is 15.0. The van der Waals surface area contributed by atoms with Gasteiger partial charge >= 0.3 is 0 Å². The molecular formula is C17H13F2N3O. The maximum absolute atomic E-state index is 13.2. The Hall–Kier alpha value is -2.89. The Bertz CT molecular complexity index is 896. The summed E-state index contributed by atoms with van der Waals surface area (Å²) in [5.74, 6) is -2.55. The fraction of sp³-hybridized carbons (Fsp3) is 0.118. The number of aryl methyl sites for hydroxylation is 1. The van der Waals surface area contributed by atoms with Crippen LogP contribution in [0.25, 0.3) is 11.0 Å². The summed E-state index contributed by atoms with van der Waals surface area (Å²) in [5.41, 5.74) is 2.89. The molecule has 2 aromatic carbocycles. The highest BCUT2D eigenvalue weighted by Crippen LogP contribution is 2.13. The normalized spacial score (nSPS) is 10.7. The van der Waals surface area contributed by atoms with E-state index in [-0.39, 0.29) is 12.1 Å².